The van der Waals surface area contributed by atoms with Gasteiger partial charge in [-0.25, -0.2) is 4.79 Å². The zero-order chi connectivity index (χ0) is 22.3. The van der Waals surface area contributed by atoms with Crippen molar-refractivity contribution >= 4 is 20.4 Å². The summed E-state index contributed by atoms with van der Waals surface area (Å²) in [5.41, 5.74) is 0.787. The highest BCUT2D eigenvalue weighted by atomic mass is 31.1. The van der Waals surface area contributed by atoms with Crippen LogP contribution in [0.4, 0.5) is 0 Å². The van der Waals surface area contributed by atoms with Crippen LogP contribution in [0.2, 0.25) is 0 Å². The molecule has 0 saturated heterocycles. The molecule has 0 aliphatic heterocycles. The number of rotatable bonds is 9. The third kappa shape index (κ3) is 6.23. The first-order valence-corrected chi connectivity index (χ1v) is 10.3. The summed E-state index contributed by atoms with van der Waals surface area (Å²) in [5, 5.41) is 9.97. The number of aromatic hydroxyl groups is 1. The number of aromatic nitrogens is 1. The third-order valence-corrected chi connectivity index (χ3v) is 4.73. The van der Waals surface area contributed by atoms with Crippen molar-refractivity contribution in [2.45, 2.75) is 46.4 Å². The Morgan fingerprint density at radius 2 is 1.97 bits per heavy atom. The molecule has 10 heteroatoms. The fourth-order valence-electron chi connectivity index (χ4n) is 2.33. The minimum Gasteiger partial charge on any atom is -0.575 e. The molecule has 30 heavy (non-hydrogen) atoms. The lowest BCUT2D eigenvalue weighted by atomic mass is 10.1. The third-order valence-electron chi connectivity index (χ3n) is 3.84. The van der Waals surface area contributed by atoms with Crippen LogP contribution >= 0.6 is 8.17 Å². The summed E-state index contributed by atoms with van der Waals surface area (Å²) in [7, 11) is -2.57. The number of hydrogen-bond acceptors (Lipinski definition) is 9. The highest BCUT2D eigenvalue weighted by molar-refractivity contribution is 7.34. The van der Waals surface area contributed by atoms with Gasteiger partial charge in [0.1, 0.15) is 12.4 Å². The first-order valence-electron chi connectivity index (χ1n) is 9.13. The van der Waals surface area contributed by atoms with Crippen LogP contribution in [0, 0.1) is 6.92 Å². The minimum absolute atomic E-state index is 0.0828. The van der Waals surface area contributed by atoms with Crippen molar-refractivity contribution in [3.63, 3.8) is 0 Å². The van der Waals surface area contributed by atoms with E-state index in [4.69, 9.17) is 14.0 Å². The molecule has 0 bridgehead atoms. The molecule has 1 aromatic carbocycles. The fraction of sp³-hybridized carbons (Fsp3) is 0.350. The van der Waals surface area contributed by atoms with Crippen LogP contribution in [0.5, 0.6) is 17.2 Å². The van der Waals surface area contributed by atoms with E-state index in [1.807, 2.05) is 0 Å². The van der Waals surface area contributed by atoms with E-state index < -0.39 is 20.2 Å². The Morgan fingerprint density at radius 1 is 1.30 bits per heavy atom. The van der Waals surface area contributed by atoms with E-state index >= 15 is 0 Å². The lowest BCUT2D eigenvalue weighted by Gasteiger charge is -2.12. The van der Waals surface area contributed by atoms with E-state index in [1.165, 1.54) is 19.2 Å². The van der Waals surface area contributed by atoms with Crippen molar-refractivity contribution in [3.05, 3.63) is 47.3 Å². The SMILES string of the molecule is Cc1ncc(COc2ccccc2O[P+]([O-])=NC(C)C(=O)OC(C)C)c(C=O)c1O. The number of esters is 1. The predicted molar refractivity (Wildman–Crippen MR) is 107 cm³/mol. The fourth-order valence-corrected chi connectivity index (χ4v) is 3.07. The average molecular weight is 434 g/mol. The Morgan fingerprint density at radius 3 is 2.60 bits per heavy atom. The van der Waals surface area contributed by atoms with Crippen LogP contribution in [-0.2, 0) is 16.1 Å². The Balaban J connectivity index is 2.13. The Hall–Kier alpha value is -3.03. The Kier molecular flexibility index (Phi) is 8.26. The molecular formula is C20H23N2O7P. The Labute approximate surface area is 175 Å². The number of para-hydroxylation sites is 2. The monoisotopic (exact) mass is 434 g/mol. The van der Waals surface area contributed by atoms with E-state index in [9.17, 15) is 19.6 Å². The summed E-state index contributed by atoms with van der Waals surface area (Å²) in [6.07, 6.45) is 1.65. The Bertz CT molecular complexity index is 947. The lowest BCUT2D eigenvalue weighted by Crippen LogP contribution is -2.21. The molecule has 0 radical (unpaired) electrons. The van der Waals surface area contributed by atoms with Gasteiger partial charge in [0.15, 0.2) is 18.1 Å². The second-order valence-corrected chi connectivity index (χ2v) is 7.48. The number of benzene rings is 1. The molecule has 0 aliphatic rings. The summed E-state index contributed by atoms with van der Waals surface area (Å²) in [4.78, 5) is 39.3. The molecule has 0 aliphatic carbocycles. The zero-order valence-electron chi connectivity index (χ0n) is 17.1. The predicted octanol–water partition coefficient (Wildman–Crippen LogP) is 3.06. The van der Waals surface area contributed by atoms with Gasteiger partial charge in [0.25, 0.3) is 0 Å². The zero-order valence-corrected chi connectivity index (χ0v) is 18.0. The molecule has 2 rings (SSSR count). The van der Waals surface area contributed by atoms with E-state index in [0.29, 0.717) is 17.5 Å². The molecule has 1 aromatic heterocycles. The van der Waals surface area contributed by atoms with Gasteiger partial charge in [-0.15, -0.1) is 0 Å². The molecule has 2 aromatic rings. The van der Waals surface area contributed by atoms with Gasteiger partial charge < -0.3 is 19.5 Å². The van der Waals surface area contributed by atoms with Crippen molar-refractivity contribution in [3.8, 4) is 17.2 Å². The second kappa shape index (κ2) is 10.7. The molecule has 1 N–H and O–H groups in total. The van der Waals surface area contributed by atoms with Gasteiger partial charge in [-0.3, -0.25) is 14.3 Å². The number of hydrogen-bond donors (Lipinski definition) is 1. The van der Waals surface area contributed by atoms with Gasteiger partial charge >= 0.3 is 14.1 Å². The maximum Gasteiger partial charge on any atom is 0.395 e. The molecule has 160 valence electrons. The van der Waals surface area contributed by atoms with Crippen molar-refractivity contribution in [1.82, 2.24) is 4.98 Å². The average Bonchev–Trinajstić information content (AvgIpc) is 2.69. The first-order chi connectivity index (χ1) is 14.2. The highest BCUT2D eigenvalue weighted by Crippen LogP contribution is 2.34. The summed E-state index contributed by atoms with van der Waals surface area (Å²) in [6, 6.07) is 5.48. The number of nitrogens with zero attached hydrogens (tertiary/aromatic N) is 2. The van der Waals surface area contributed by atoms with Crippen LogP contribution in [0.15, 0.2) is 35.2 Å². The summed E-state index contributed by atoms with van der Waals surface area (Å²) < 4.78 is 19.8. The number of carbonyl (C=O) groups excluding carboxylic acids is 2. The largest absolute Gasteiger partial charge is 0.575 e. The highest BCUT2D eigenvalue weighted by Gasteiger charge is 2.21. The molecular weight excluding hydrogens is 411 g/mol. The van der Waals surface area contributed by atoms with Crippen molar-refractivity contribution in [2.24, 2.45) is 4.74 Å². The first kappa shape index (κ1) is 23.3. The summed E-state index contributed by atoms with van der Waals surface area (Å²) >= 11 is 0. The van der Waals surface area contributed by atoms with Gasteiger partial charge in [-0.05, 0) is 39.8 Å². The van der Waals surface area contributed by atoms with Gasteiger partial charge in [-0.2, -0.15) is 0 Å². The lowest BCUT2D eigenvalue weighted by molar-refractivity contribution is -0.170. The van der Waals surface area contributed by atoms with Crippen LogP contribution in [0.1, 0.15) is 42.4 Å². The number of ether oxygens (including phenoxy) is 2. The van der Waals surface area contributed by atoms with Crippen LogP contribution in [0.3, 0.4) is 0 Å². The number of aldehydes is 1. The molecule has 0 amide bonds. The number of carbonyl (C=O) groups is 2. The molecule has 9 nitrogen and oxygen atoms in total. The van der Waals surface area contributed by atoms with Crippen LogP contribution in [-0.4, -0.2) is 34.5 Å². The van der Waals surface area contributed by atoms with Crippen LogP contribution < -0.4 is 14.2 Å². The van der Waals surface area contributed by atoms with E-state index in [0.717, 1.165) is 0 Å². The van der Waals surface area contributed by atoms with Gasteiger partial charge in [0.2, 0.25) is 5.75 Å². The van der Waals surface area contributed by atoms with E-state index in [-0.39, 0.29) is 35.5 Å². The van der Waals surface area contributed by atoms with Gasteiger partial charge in [0.05, 0.1) is 17.4 Å². The van der Waals surface area contributed by atoms with Crippen molar-refractivity contribution in [2.75, 3.05) is 0 Å². The maximum atomic E-state index is 12.2. The summed E-state index contributed by atoms with van der Waals surface area (Å²) in [6.45, 7) is 6.36. The van der Waals surface area contributed by atoms with Crippen molar-refractivity contribution < 1.29 is 33.6 Å². The molecule has 0 spiro atoms. The number of aryl methyl sites for hydroxylation is 1. The van der Waals surface area contributed by atoms with Crippen molar-refractivity contribution in [1.29, 1.82) is 0 Å². The van der Waals surface area contributed by atoms with E-state index in [2.05, 4.69) is 9.73 Å². The van der Waals surface area contributed by atoms with Gasteiger partial charge in [0, 0.05) is 11.8 Å². The standard InChI is InChI=1S/C20H23N2O7P/c1-12(2)28-20(25)14(4)22-30(26)29-18-8-6-5-7-17(18)27-11-15-9-21-13(3)19(24)16(15)10-23/h5-10,12,14,24H,11H2,1-4H3. The molecule has 0 saturated carbocycles. The maximum absolute atomic E-state index is 12.2. The second-order valence-electron chi connectivity index (χ2n) is 6.59. The smallest absolute Gasteiger partial charge is 0.395 e. The topological polar surface area (TPSA) is 130 Å². The quantitative estimate of drug-likeness (QED) is 0.362. The normalized spacial score (nSPS) is 12.4. The molecule has 1 heterocycles. The molecule has 0 fully saturated rings. The van der Waals surface area contributed by atoms with Crippen LogP contribution in [0.25, 0.3) is 0 Å². The molecule has 2 unspecified atom stereocenters. The van der Waals surface area contributed by atoms with Gasteiger partial charge in [-0.1, -0.05) is 16.9 Å². The van der Waals surface area contributed by atoms with E-state index in [1.54, 1.807) is 39.0 Å². The summed E-state index contributed by atoms with van der Waals surface area (Å²) in [5.74, 6) is -0.427. The molecule has 2 atom stereocenters. The minimum atomic E-state index is -2.57. The number of pyridine rings is 1.